The summed E-state index contributed by atoms with van der Waals surface area (Å²) in [6, 6.07) is -0.471. The molecule has 0 bridgehead atoms. The SMILES string of the molecule is C#C[C@]1(O)CC[C@@H]2[C@@H]3CCC4=C/C(=N/OCC(=O)N[C@H](CC(=O)O)[C@H]5CCOC(C)(C)C5)CC[C@]4(C)[C@H]3CC[C@@]21C. The van der Waals surface area contributed by atoms with Gasteiger partial charge in [0.1, 0.15) is 5.60 Å². The van der Waals surface area contributed by atoms with Gasteiger partial charge in [-0.25, -0.2) is 0 Å². The van der Waals surface area contributed by atoms with E-state index >= 15 is 0 Å². The second-order valence-corrected chi connectivity index (χ2v) is 14.5. The van der Waals surface area contributed by atoms with E-state index in [0.717, 1.165) is 50.7 Å². The van der Waals surface area contributed by atoms with Gasteiger partial charge in [0.2, 0.25) is 0 Å². The number of allylic oxidation sites excluding steroid dienone is 2. The summed E-state index contributed by atoms with van der Waals surface area (Å²) in [4.78, 5) is 29.7. The molecule has 4 fully saturated rings. The number of terminal acetylenes is 1. The summed E-state index contributed by atoms with van der Waals surface area (Å²) in [5.74, 6) is 3.14. The van der Waals surface area contributed by atoms with Gasteiger partial charge in [-0.15, -0.1) is 6.42 Å². The van der Waals surface area contributed by atoms with Crippen LogP contribution in [0.3, 0.4) is 0 Å². The molecule has 5 rings (SSSR count). The first-order valence-electron chi connectivity index (χ1n) is 15.6. The number of aliphatic hydroxyl groups is 1. The average Bonchev–Trinajstić information content (AvgIpc) is 3.18. The van der Waals surface area contributed by atoms with Crippen LogP contribution >= 0.6 is 0 Å². The van der Waals surface area contributed by atoms with Crippen LogP contribution < -0.4 is 5.32 Å². The van der Waals surface area contributed by atoms with Gasteiger partial charge in [0, 0.05) is 18.1 Å². The number of oxime groups is 1. The molecule has 3 saturated carbocycles. The third kappa shape index (κ3) is 5.57. The summed E-state index contributed by atoms with van der Waals surface area (Å²) in [6.07, 6.45) is 17.0. The maximum Gasteiger partial charge on any atom is 0.305 e. The molecule has 1 saturated heterocycles. The number of carboxylic acid groups (broad SMARTS) is 1. The van der Waals surface area contributed by atoms with E-state index in [0.29, 0.717) is 43.6 Å². The molecule has 1 amide bonds. The molecule has 5 aliphatic rings. The minimum absolute atomic E-state index is 0.0308. The number of ether oxygens (including phenoxy) is 1. The lowest BCUT2D eigenvalue weighted by Gasteiger charge is -2.58. The van der Waals surface area contributed by atoms with Crippen LogP contribution in [-0.4, -0.2) is 58.3 Å². The monoisotopic (exact) mass is 568 g/mol. The predicted octanol–water partition coefficient (Wildman–Crippen LogP) is 4.85. The van der Waals surface area contributed by atoms with Crippen LogP contribution in [0.25, 0.3) is 0 Å². The molecule has 8 heteroatoms. The Bertz CT molecular complexity index is 1150. The fraction of sp³-hybridized carbons (Fsp3) is 0.788. The number of carboxylic acids is 1. The normalized spacial score (nSPS) is 41.2. The molecule has 0 unspecified atom stereocenters. The molecule has 41 heavy (non-hydrogen) atoms. The zero-order valence-corrected chi connectivity index (χ0v) is 25.2. The molecule has 0 radical (unpaired) electrons. The van der Waals surface area contributed by atoms with Crippen LogP contribution in [-0.2, 0) is 19.2 Å². The number of aliphatic carboxylic acids is 1. The smallest absolute Gasteiger partial charge is 0.305 e. The first-order chi connectivity index (χ1) is 19.3. The summed E-state index contributed by atoms with van der Waals surface area (Å²) in [5.41, 5.74) is 0.883. The van der Waals surface area contributed by atoms with E-state index in [9.17, 15) is 19.8 Å². The molecule has 1 heterocycles. The van der Waals surface area contributed by atoms with E-state index in [1.54, 1.807) is 0 Å². The van der Waals surface area contributed by atoms with Crippen molar-refractivity contribution >= 4 is 17.6 Å². The largest absolute Gasteiger partial charge is 0.481 e. The Labute approximate surface area is 244 Å². The Morgan fingerprint density at radius 1 is 1.15 bits per heavy atom. The Balaban J connectivity index is 1.19. The Morgan fingerprint density at radius 3 is 2.61 bits per heavy atom. The maximum absolute atomic E-state index is 12.7. The van der Waals surface area contributed by atoms with Crippen molar-refractivity contribution in [2.45, 2.75) is 116 Å². The number of hydrogen-bond donors (Lipinski definition) is 3. The number of rotatable bonds is 7. The highest BCUT2D eigenvalue weighted by Gasteiger charge is 2.63. The van der Waals surface area contributed by atoms with Gasteiger partial charge in [-0.3, -0.25) is 9.59 Å². The fourth-order valence-corrected chi connectivity index (χ4v) is 9.46. The van der Waals surface area contributed by atoms with Crippen molar-refractivity contribution in [3.63, 3.8) is 0 Å². The van der Waals surface area contributed by atoms with E-state index in [2.05, 4.69) is 36.3 Å². The standard InChI is InChI=1S/C33H48N2O6/c1-6-33(39)15-11-26-24-8-7-22-17-23(9-13-31(22,4)25(24)10-14-32(26,33)5)35-41-20-28(36)34-27(18-29(37)38)21-12-16-40-30(2,3)19-21/h1,17,21,24-27,39H,7-16,18-20H2,2-5H3,(H,34,36)(H,37,38)/b35-23+/t21-,24+,25-,26+,27+,31-,32-,33-/m0/s1. The van der Waals surface area contributed by atoms with Crippen LogP contribution in [0.4, 0.5) is 0 Å². The van der Waals surface area contributed by atoms with Gasteiger partial charge in [-0.1, -0.05) is 30.5 Å². The van der Waals surface area contributed by atoms with Gasteiger partial charge in [-0.2, -0.15) is 0 Å². The lowest BCUT2D eigenvalue weighted by molar-refractivity contribution is -0.139. The second-order valence-electron chi connectivity index (χ2n) is 14.5. The van der Waals surface area contributed by atoms with Crippen LogP contribution in [0.5, 0.6) is 0 Å². The summed E-state index contributed by atoms with van der Waals surface area (Å²) in [6.45, 7) is 8.93. The predicted molar refractivity (Wildman–Crippen MR) is 156 cm³/mol. The zero-order valence-electron chi connectivity index (χ0n) is 25.2. The number of amides is 1. The Hall–Kier alpha value is -2.37. The minimum atomic E-state index is -0.981. The molecule has 8 atom stereocenters. The highest BCUT2D eigenvalue weighted by Crippen LogP contribution is 2.67. The first-order valence-corrected chi connectivity index (χ1v) is 15.6. The highest BCUT2D eigenvalue weighted by atomic mass is 16.6. The summed E-state index contributed by atoms with van der Waals surface area (Å²) in [5, 5.41) is 27.9. The highest BCUT2D eigenvalue weighted by molar-refractivity contribution is 5.96. The quantitative estimate of drug-likeness (QED) is 0.299. The maximum atomic E-state index is 12.7. The topological polar surface area (TPSA) is 117 Å². The van der Waals surface area contributed by atoms with E-state index in [-0.39, 0.29) is 41.3 Å². The number of fused-ring (bicyclic) bond motifs is 5. The molecule has 1 aliphatic heterocycles. The van der Waals surface area contributed by atoms with Crippen molar-refractivity contribution in [1.29, 1.82) is 0 Å². The van der Waals surface area contributed by atoms with Crippen molar-refractivity contribution in [3.8, 4) is 12.3 Å². The van der Waals surface area contributed by atoms with Crippen molar-refractivity contribution in [2.75, 3.05) is 13.2 Å². The van der Waals surface area contributed by atoms with Crippen molar-refractivity contribution < 1.29 is 29.4 Å². The van der Waals surface area contributed by atoms with E-state index in [1.807, 2.05) is 13.8 Å². The molecular weight excluding hydrogens is 520 g/mol. The van der Waals surface area contributed by atoms with E-state index < -0.39 is 17.6 Å². The molecule has 3 N–H and O–H groups in total. The third-order valence-corrected chi connectivity index (χ3v) is 11.8. The van der Waals surface area contributed by atoms with Gasteiger partial charge < -0.3 is 25.1 Å². The lowest BCUT2D eigenvalue weighted by atomic mass is 9.46. The van der Waals surface area contributed by atoms with Gasteiger partial charge >= 0.3 is 5.97 Å². The van der Waals surface area contributed by atoms with Crippen LogP contribution in [0.1, 0.15) is 98.3 Å². The average molecular weight is 569 g/mol. The number of nitrogens with one attached hydrogen (secondary N) is 1. The van der Waals surface area contributed by atoms with Crippen LogP contribution in [0, 0.1) is 46.8 Å². The molecule has 0 aromatic heterocycles. The van der Waals surface area contributed by atoms with Crippen molar-refractivity contribution in [3.05, 3.63) is 11.6 Å². The molecule has 0 aromatic rings. The Morgan fingerprint density at radius 2 is 1.90 bits per heavy atom. The minimum Gasteiger partial charge on any atom is -0.481 e. The molecule has 0 spiro atoms. The summed E-state index contributed by atoms with van der Waals surface area (Å²) >= 11 is 0. The zero-order chi connectivity index (χ0) is 29.6. The first kappa shape index (κ1) is 30.1. The molecule has 226 valence electrons. The summed E-state index contributed by atoms with van der Waals surface area (Å²) in [7, 11) is 0. The van der Waals surface area contributed by atoms with Gasteiger partial charge in [-0.05, 0) is 113 Å². The Kier molecular flexibility index (Phi) is 8.10. The second kappa shape index (κ2) is 11.0. The lowest BCUT2D eigenvalue weighted by Crippen LogP contribution is -2.54. The van der Waals surface area contributed by atoms with Crippen molar-refractivity contribution in [1.82, 2.24) is 5.32 Å². The number of carbonyl (C=O) groups excluding carboxylic acids is 1. The number of carbonyl (C=O) groups is 2. The number of nitrogens with zero attached hydrogens (tertiary/aromatic N) is 1. The van der Waals surface area contributed by atoms with Crippen LogP contribution in [0.2, 0.25) is 0 Å². The van der Waals surface area contributed by atoms with Gasteiger partial charge in [0.15, 0.2) is 6.61 Å². The molecular formula is C33H48N2O6. The molecule has 4 aliphatic carbocycles. The fourth-order valence-electron chi connectivity index (χ4n) is 9.46. The van der Waals surface area contributed by atoms with Gasteiger partial charge in [0.25, 0.3) is 5.91 Å². The van der Waals surface area contributed by atoms with Gasteiger partial charge in [0.05, 0.1) is 17.7 Å². The molecule has 0 aromatic carbocycles. The van der Waals surface area contributed by atoms with E-state index in [4.69, 9.17) is 16.0 Å². The number of hydrogen-bond acceptors (Lipinski definition) is 6. The van der Waals surface area contributed by atoms with Crippen molar-refractivity contribution in [2.24, 2.45) is 39.7 Å². The third-order valence-electron chi connectivity index (χ3n) is 11.8. The molecule has 8 nitrogen and oxygen atoms in total. The van der Waals surface area contributed by atoms with E-state index in [1.165, 1.54) is 5.57 Å². The van der Waals surface area contributed by atoms with Crippen LogP contribution in [0.15, 0.2) is 16.8 Å². The summed E-state index contributed by atoms with van der Waals surface area (Å²) < 4.78 is 5.77.